The summed E-state index contributed by atoms with van der Waals surface area (Å²) in [6.07, 6.45) is 0.824. The minimum Gasteiger partial charge on any atom is -0.497 e. The van der Waals surface area contributed by atoms with E-state index in [4.69, 9.17) is 14.2 Å². The van der Waals surface area contributed by atoms with Gasteiger partial charge in [-0.1, -0.05) is 0 Å². The number of nitrogens with zero attached hydrogens (tertiary/aromatic N) is 1. The SMILES string of the molecule is CCN1C(=O)O/C(=C/c2ccc(OC)cc2OC)C1=O. The van der Waals surface area contributed by atoms with E-state index in [-0.39, 0.29) is 12.3 Å². The van der Waals surface area contributed by atoms with Crippen molar-refractivity contribution in [2.75, 3.05) is 20.8 Å². The van der Waals surface area contributed by atoms with Crippen molar-refractivity contribution < 1.29 is 23.8 Å². The van der Waals surface area contributed by atoms with Crippen molar-refractivity contribution in [3.8, 4) is 11.5 Å². The number of hydrogen-bond donors (Lipinski definition) is 0. The lowest BCUT2D eigenvalue weighted by Crippen LogP contribution is -2.28. The molecule has 2 rings (SSSR count). The Kier molecular flexibility index (Phi) is 3.93. The smallest absolute Gasteiger partial charge is 0.422 e. The highest BCUT2D eigenvalue weighted by atomic mass is 16.6. The molecule has 0 unspecified atom stereocenters. The summed E-state index contributed by atoms with van der Waals surface area (Å²) in [5.41, 5.74) is 0.627. The molecule has 1 aliphatic rings. The number of imide groups is 1. The van der Waals surface area contributed by atoms with E-state index in [0.717, 1.165) is 4.90 Å². The summed E-state index contributed by atoms with van der Waals surface area (Å²) >= 11 is 0. The van der Waals surface area contributed by atoms with Crippen LogP contribution in [0.2, 0.25) is 0 Å². The van der Waals surface area contributed by atoms with Crippen LogP contribution in [0.3, 0.4) is 0 Å². The molecule has 2 amide bonds. The van der Waals surface area contributed by atoms with Gasteiger partial charge < -0.3 is 14.2 Å². The maximum atomic E-state index is 11.9. The van der Waals surface area contributed by atoms with Crippen LogP contribution in [0, 0.1) is 0 Å². The third kappa shape index (κ3) is 2.45. The van der Waals surface area contributed by atoms with Gasteiger partial charge in [0.2, 0.25) is 0 Å². The van der Waals surface area contributed by atoms with Crippen LogP contribution >= 0.6 is 0 Å². The van der Waals surface area contributed by atoms with Crippen molar-refractivity contribution in [2.24, 2.45) is 0 Å². The molecule has 0 spiro atoms. The van der Waals surface area contributed by atoms with E-state index >= 15 is 0 Å². The Hall–Kier alpha value is -2.50. The molecule has 0 aliphatic carbocycles. The van der Waals surface area contributed by atoms with Crippen LogP contribution in [0.5, 0.6) is 11.5 Å². The number of carbonyl (C=O) groups is 2. The van der Waals surface area contributed by atoms with Crippen molar-refractivity contribution in [3.05, 3.63) is 29.5 Å². The molecule has 106 valence electrons. The normalized spacial score (nSPS) is 16.6. The third-order valence-electron chi connectivity index (χ3n) is 2.92. The second kappa shape index (κ2) is 5.64. The Labute approximate surface area is 116 Å². The zero-order chi connectivity index (χ0) is 14.7. The number of carbonyl (C=O) groups excluding carboxylic acids is 2. The molecular weight excluding hydrogens is 262 g/mol. The van der Waals surface area contributed by atoms with Gasteiger partial charge in [0, 0.05) is 18.2 Å². The summed E-state index contributed by atoms with van der Waals surface area (Å²) in [6, 6.07) is 5.14. The maximum absolute atomic E-state index is 11.9. The Morgan fingerprint density at radius 2 is 2.00 bits per heavy atom. The number of hydrogen-bond acceptors (Lipinski definition) is 5. The molecule has 1 heterocycles. The fraction of sp³-hybridized carbons (Fsp3) is 0.286. The predicted octanol–water partition coefficient (Wildman–Crippen LogP) is 2.04. The Morgan fingerprint density at radius 1 is 1.25 bits per heavy atom. The summed E-state index contributed by atoms with van der Waals surface area (Å²) < 4.78 is 15.3. The van der Waals surface area contributed by atoms with Crippen LogP contribution in [-0.4, -0.2) is 37.7 Å². The first-order valence-electron chi connectivity index (χ1n) is 6.08. The first-order chi connectivity index (χ1) is 9.60. The average Bonchev–Trinajstić information content (AvgIpc) is 2.73. The average molecular weight is 277 g/mol. The van der Waals surface area contributed by atoms with Crippen molar-refractivity contribution in [2.45, 2.75) is 6.92 Å². The monoisotopic (exact) mass is 277 g/mol. The van der Waals surface area contributed by atoms with Crippen molar-refractivity contribution in [1.29, 1.82) is 0 Å². The summed E-state index contributed by atoms with van der Waals surface area (Å²) in [6.45, 7) is 1.98. The van der Waals surface area contributed by atoms with E-state index in [1.807, 2.05) is 0 Å². The summed E-state index contributed by atoms with van der Waals surface area (Å²) in [5, 5.41) is 0. The minimum atomic E-state index is -0.656. The van der Waals surface area contributed by atoms with E-state index in [2.05, 4.69) is 0 Å². The quantitative estimate of drug-likeness (QED) is 0.788. The van der Waals surface area contributed by atoms with E-state index < -0.39 is 12.0 Å². The molecular formula is C14H15NO5. The van der Waals surface area contributed by atoms with Gasteiger partial charge in [-0.15, -0.1) is 0 Å². The number of cyclic esters (lactones) is 1. The standard InChI is InChI=1S/C14H15NO5/c1-4-15-13(16)12(20-14(15)17)7-9-5-6-10(18-2)8-11(9)19-3/h5-8H,4H2,1-3H3/b12-7+. The number of methoxy groups -OCH3 is 2. The molecule has 1 saturated heterocycles. The van der Waals surface area contributed by atoms with Crippen LogP contribution in [0.25, 0.3) is 6.08 Å². The molecule has 1 aromatic carbocycles. The zero-order valence-corrected chi connectivity index (χ0v) is 11.5. The summed E-state index contributed by atoms with van der Waals surface area (Å²) in [4.78, 5) is 24.4. The first-order valence-corrected chi connectivity index (χ1v) is 6.08. The third-order valence-corrected chi connectivity index (χ3v) is 2.92. The van der Waals surface area contributed by atoms with Crippen LogP contribution in [-0.2, 0) is 9.53 Å². The fourth-order valence-electron chi connectivity index (χ4n) is 1.85. The molecule has 0 bridgehead atoms. The second-order valence-electron chi connectivity index (χ2n) is 4.03. The number of ether oxygens (including phenoxy) is 3. The topological polar surface area (TPSA) is 65.1 Å². The second-order valence-corrected chi connectivity index (χ2v) is 4.03. The fourth-order valence-corrected chi connectivity index (χ4v) is 1.85. The molecule has 1 aromatic rings. The molecule has 6 heteroatoms. The summed E-state index contributed by atoms with van der Waals surface area (Å²) in [7, 11) is 3.06. The van der Waals surface area contributed by atoms with Gasteiger partial charge in [-0.3, -0.25) is 4.79 Å². The molecule has 1 aliphatic heterocycles. The summed E-state index contributed by atoms with van der Waals surface area (Å²) in [5.74, 6) is 0.695. The highest BCUT2D eigenvalue weighted by Gasteiger charge is 2.35. The highest BCUT2D eigenvalue weighted by Crippen LogP contribution is 2.28. The molecule has 0 saturated carbocycles. The van der Waals surface area contributed by atoms with Gasteiger partial charge in [-0.25, -0.2) is 9.69 Å². The molecule has 20 heavy (non-hydrogen) atoms. The van der Waals surface area contributed by atoms with Gasteiger partial charge in [-0.05, 0) is 25.1 Å². The number of rotatable bonds is 4. The maximum Gasteiger partial charge on any atom is 0.422 e. The van der Waals surface area contributed by atoms with Crippen molar-refractivity contribution in [1.82, 2.24) is 4.90 Å². The van der Waals surface area contributed by atoms with Crippen molar-refractivity contribution >= 4 is 18.1 Å². The van der Waals surface area contributed by atoms with E-state index in [0.29, 0.717) is 17.1 Å². The molecule has 6 nitrogen and oxygen atoms in total. The lowest BCUT2D eigenvalue weighted by molar-refractivity contribution is -0.123. The minimum absolute atomic E-state index is 0.0136. The number of likely N-dealkylation sites (N-methyl/N-ethyl adjacent to an activating group) is 1. The molecule has 0 N–H and O–H groups in total. The lowest BCUT2D eigenvalue weighted by atomic mass is 10.1. The van der Waals surface area contributed by atoms with Crippen LogP contribution in [0.1, 0.15) is 12.5 Å². The molecule has 1 fully saturated rings. The zero-order valence-electron chi connectivity index (χ0n) is 11.5. The van der Waals surface area contributed by atoms with Crippen LogP contribution in [0.15, 0.2) is 24.0 Å². The van der Waals surface area contributed by atoms with E-state index in [1.165, 1.54) is 13.2 Å². The Balaban J connectivity index is 2.36. The number of amides is 2. The highest BCUT2D eigenvalue weighted by molar-refractivity contribution is 6.10. The van der Waals surface area contributed by atoms with E-state index in [9.17, 15) is 9.59 Å². The van der Waals surface area contributed by atoms with Gasteiger partial charge in [0.1, 0.15) is 11.5 Å². The Morgan fingerprint density at radius 3 is 2.55 bits per heavy atom. The van der Waals surface area contributed by atoms with Crippen LogP contribution in [0.4, 0.5) is 4.79 Å². The Bertz CT molecular complexity index is 579. The first kappa shape index (κ1) is 13.9. The van der Waals surface area contributed by atoms with Gasteiger partial charge in [0.25, 0.3) is 5.91 Å². The lowest BCUT2D eigenvalue weighted by Gasteiger charge is -2.07. The van der Waals surface area contributed by atoms with Crippen molar-refractivity contribution in [3.63, 3.8) is 0 Å². The van der Waals surface area contributed by atoms with Gasteiger partial charge in [0.15, 0.2) is 5.76 Å². The van der Waals surface area contributed by atoms with Gasteiger partial charge in [-0.2, -0.15) is 0 Å². The molecule has 0 aromatic heterocycles. The predicted molar refractivity (Wildman–Crippen MR) is 71.4 cm³/mol. The largest absolute Gasteiger partial charge is 0.497 e. The molecule has 0 radical (unpaired) electrons. The van der Waals surface area contributed by atoms with Gasteiger partial charge in [0.05, 0.1) is 14.2 Å². The van der Waals surface area contributed by atoms with Gasteiger partial charge >= 0.3 is 6.09 Å². The van der Waals surface area contributed by atoms with E-state index in [1.54, 1.807) is 32.2 Å². The number of benzene rings is 1. The molecule has 0 atom stereocenters. The van der Waals surface area contributed by atoms with Crippen LogP contribution < -0.4 is 9.47 Å².